The van der Waals surface area contributed by atoms with Gasteiger partial charge in [0.1, 0.15) is 5.82 Å². The van der Waals surface area contributed by atoms with Crippen LogP contribution < -0.4 is 4.90 Å². The fourth-order valence-corrected chi connectivity index (χ4v) is 2.17. The summed E-state index contributed by atoms with van der Waals surface area (Å²) in [6, 6.07) is 5.39. The van der Waals surface area contributed by atoms with Crippen LogP contribution in [0, 0.1) is 5.92 Å². The van der Waals surface area contributed by atoms with Gasteiger partial charge in [-0.05, 0) is 25.5 Å². The van der Waals surface area contributed by atoms with E-state index in [4.69, 9.17) is 4.74 Å². The van der Waals surface area contributed by atoms with Crippen molar-refractivity contribution in [3.05, 3.63) is 24.4 Å². The first-order valence-electron chi connectivity index (χ1n) is 6.20. The van der Waals surface area contributed by atoms with Crippen molar-refractivity contribution in [1.82, 2.24) is 4.98 Å². The molecule has 0 N–H and O–H groups in total. The van der Waals surface area contributed by atoms with Gasteiger partial charge in [0.25, 0.3) is 0 Å². The smallest absolute Gasteiger partial charge is 0.309 e. The van der Waals surface area contributed by atoms with Crippen LogP contribution >= 0.6 is 0 Å². The van der Waals surface area contributed by atoms with Crippen LogP contribution in [0.4, 0.5) is 10.2 Å². The molecule has 0 saturated carbocycles. The normalized spacial score (nSPS) is 23.8. The SMILES string of the molecule is CCOC(=O)C1CCN(c2ccccn2)C(F)C1. The Morgan fingerprint density at radius 1 is 1.61 bits per heavy atom. The molecule has 1 fully saturated rings. The molecule has 2 atom stereocenters. The lowest BCUT2D eigenvalue weighted by molar-refractivity contribution is -0.149. The molecular weight excluding hydrogens is 235 g/mol. The molecule has 0 radical (unpaired) electrons. The number of pyridine rings is 1. The third-order valence-electron chi connectivity index (χ3n) is 3.10. The highest BCUT2D eigenvalue weighted by atomic mass is 19.1. The summed E-state index contributed by atoms with van der Waals surface area (Å²) in [5.74, 6) is -0.00644. The molecule has 0 aromatic carbocycles. The van der Waals surface area contributed by atoms with Gasteiger partial charge in [0.05, 0.1) is 12.5 Å². The summed E-state index contributed by atoms with van der Waals surface area (Å²) >= 11 is 0. The summed E-state index contributed by atoms with van der Waals surface area (Å²) in [6.45, 7) is 2.59. The van der Waals surface area contributed by atoms with Crippen molar-refractivity contribution in [2.45, 2.75) is 26.1 Å². The van der Waals surface area contributed by atoms with Crippen molar-refractivity contribution in [1.29, 1.82) is 0 Å². The number of carbonyl (C=O) groups excluding carboxylic acids is 1. The van der Waals surface area contributed by atoms with Crippen LogP contribution in [0.2, 0.25) is 0 Å². The Hall–Kier alpha value is -1.65. The van der Waals surface area contributed by atoms with E-state index in [2.05, 4.69) is 4.98 Å². The molecule has 98 valence electrons. The second-order valence-corrected chi connectivity index (χ2v) is 4.29. The van der Waals surface area contributed by atoms with Crippen molar-refractivity contribution in [2.75, 3.05) is 18.1 Å². The third-order valence-corrected chi connectivity index (χ3v) is 3.10. The summed E-state index contributed by atoms with van der Waals surface area (Å²) in [7, 11) is 0. The average Bonchev–Trinajstić information content (AvgIpc) is 2.40. The summed E-state index contributed by atoms with van der Waals surface area (Å²) < 4.78 is 19.0. The molecule has 0 spiro atoms. The number of hydrogen-bond donors (Lipinski definition) is 0. The number of piperidine rings is 1. The maximum atomic E-state index is 14.1. The second-order valence-electron chi connectivity index (χ2n) is 4.29. The zero-order valence-electron chi connectivity index (χ0n) is 10.4. The van der Waals surface area contributed by atoms with E-state index < -0.39 is 6.30 Å². The summed E-state index contributed by atoms with van der Waals surface area (Å²) in [4.78, 5) is 17.3. The third kappa shape index (κ3) is 2.78. The molecule has 4 nitrogen and oxygen atoms in total. The molecule has 0 aliphatic carbocycles. The Morgan fingerprint density at radius 2 is 2.44 bits per heavy atom. The molecule has 1 aromatic heterocycles. The first-order chi connectivity index (χ1) is 8.72. The number of esters is 1. The fraction of sp³-hybridized carbons (Fsp3) is 0.538. The Labute approximate surface area is 106 Å². The predicted octanol–water partition coefficient (Wildman–Crippen LogP) is 2.16. The minimum absolute atomic E-state index is 0.176. The fourth-order valence-electron chi connectivity index (χ4n) is 2.17. The highest BCUT2D eigenvalue weighted by molar-refractivity contribution is 5.72. The molecule has 2 rings (SSSR count). The summed E-state index contributed by atoms with van der Waals surface area (Å²) in [6.07, 6.45) is 1.24. The van der Waals surface area contributed by atoms with Crippen LogP contribution in [0.15, 0.2) is 24.4 Å². The Balaban J connectivity index is 1.99. The number of carbonyl (C=O) groups is 1. The number of anilines is 1. The van der Waals surface area contributed by atoms with Gasteiger partial charge in [-0.1, -0.05) is 6.07 Å². The van der Waals surface area contributed by atoms with Crippen molar-refractivity contribution >= 4 is 11.8 Å². The maximum Gasteiger partial charge on any atom is 0.309 e. The lowest BCUT2D eigenvalue weighted by atomic mass is 9.96. The molecule has 0 bridgehead atoms. The molecule has 0 amide bonds. The largest absolute Gasteiger partial charge is 0.466 e. The van der Waals surface area contributed by atoms with Crippen molar-refractivity contribution < 1.29 is 13.9 Å². The number of aromatic nitrogens is 1. The van der Waals surface area contributed by atoms with Crippen LogP contribution in [0.5, 0.6) is 0 Å². The number of nitrogens with zero attached hydrogens (tertiary/aromatic N) is 2. The molecule has 2 unspecified atom stereocenters. The van der Waals surface area contributed by atoms with Gasteiger partial charge in [0, 0.05) is 19.2 Å². The minimum atomic E-state index is -1.18. The lowest BCUT2D eigenvalue weighted by Crippen LogP contribution is -2.42. The molecule has 2 heterocycles. The quantitative estimate of drug-likeness (QED) is 0.610. The predicted molar refractivity (Wildman–Crippen MR) is 65.8 cm³/mol. The molecule has 1 aliphatic rings. The van der Waals surface area contributed by atoms with Crippen LogP contribution in [0.25, 0.3) is 0 Å². The highest BCUT2D eigenvalue weighted by Gasteiger charge is 2.33. The Bertz CT molecular complexity index is 399. The van der Waals surface area contributed by atoms with E-state index in [9.17, 15) is 9.18 Å². The zero-order valence-corrected chi connectivity index (χ0v) is 10.4. The van der Waals surface area contributed by atoms with Crippen LogP contribution in [-0.4, -0.2) is 30.4 Å². The van der Waals surface area contributed by atoms with Gasteiger partial charge in [0.2, 0.25) is 0 Å². The molecular formula is C13H17FN2O2. The first-order valence-corrected chi connectivity index (χ1v) is 6.20. The van der Waals surface area contributed by atoms with Gasteiger partial charge >= 0.3 is 5.97 Å². The highest BCUT2D eigenvalue weighted by Crippen LogP contribution is 2.28. The molecule has 18 heavy (non-hydrogen) atoms. The maximum absolute atomic E-state index is 14.1. The Morgan fingerprint density at radius 3 is 3.06 bits per heavy atom. The van der Waals surface area contributed by atoms with E-state index in [0.29, 0.717) is 25.4 Å². The number of hydrogen-bond acceptors (Lipinski definition) is 4. The number of ether oxygens (including phenoxy) is 1. The molecule has 5 heteroatoms. The second kappa shape index (κ2) is 5.80. The van der Waals surface area contributed by atoms with Crippen LogP contribution in [-0.2, 0) is 9.53 Å². The van der Waals surface area contributed by atoms with Gasteiger partial charge in [-0.15, -0.1) is 0 Å². The summed E-state index contributed by atoms with van der Waals surface area (Å²) in [5.41, 5.74) is 0. The van der Waals surface area contributed by atoms with E-state index in [0.717, 1.165) is 0 Å². The van der Waals surface area contributed by atoms with Crippen LogP contribution in [0.3, 0.4) is 0 Å². The van der Waals surface area contributed by atoms with Gasteiger partial charge in [-0.25, -0.2) is 9.37 Å². The molecule has 1 aromatic rings. The van der Waals surface area contributed by atoms with Gasteiger partial charge in [-0.3, -0.25) is 4.79 Å². The van der Waals surface area contributed by atoms with E-state index in [1.165, 1.54) is 0 Å². The number of alkyl halides is 1. The van der Waals surface area contributed by atoms with Gasteiger partial charge in [-0.2, -0.15) is 0 Å². The molecule has 1 saturated heterocycles. The van der Waals surface area contributed by atoms with Crippen molar-refractivity contribution in [2.24, 2.45) is 5.92 Å². The van der Waals surface area contributed by atoms with E-state index in [1.807, 2.05) is 6.07 Å². The standard InChI is InChI=1S/C13H17FN2O2/c1-2-18-13(17)10-6-8-16(11(14)9-10)12-5-3-4-7-15-12/h3-5,7,10-11H,2,6,8-9H2,1H3. The topological polar surface area (TPSA) is 42.4 Å². The zero-order chi connectivity index (χ0) is 13.0. The monoisotopic (exact) mass is 252 g/mol. The van der Waals surface area contributed by atoms with Gasteiger partial charge in [0.15, 0.2) is 6.30 Å². The summed E-state index contributed by atoms with van der Waals surface area (Å²) in [5, 5.41) is 0. The number of rotatable bonds is 3. The minimum Gasteiger partial charge on any atom is -0.466 e. The lowest BCUT2D eigenvalue weighted by Gasteiger charge is -2.34. The van der Waals surface area contributed by atoms with Crippen molar-refractivity contribution in [3.8, 4) is 0 Å². The number of halogens is 1. The Kier molecular flexibility index (Phi) is 4.12. The van der Waals surface area contributed by atoms with E-state index in [1.54, 1.807) is 30.2 Å². The van der Waals surface area contributed by atoms with E-state index >= 15 is 0 Å². The van der Waals surface area contributed by atoms with E-state index in [-0.39, 0.29) is 18.3 Å². The molecule has 1 aliphatic heterocycles. The first kappa shape index (κ1) is 12.8. The van der Waals surface area contributed by atoms with Crippen LogP contribution in [0.1, 0.15) is 19.8 Å². The average molecular weight is 252 g/mol. The van der Waals surface area contributed by atoms with Gasteiger partial charge < -0.3 is 9.64 Å². The van der Waals surface area contributed by atoms with Crippen molar-refractivity contribution in [3.63, 3.8) is 0 Å².